The third kappa shape index (κ3) is 10.6. The Morgan fingerprint density at radius 3 is 2.55 bits per heavy atom. The number of hydrogen-bond donors (Lipinski definition) is 2. The van der Waals surface area contributed by atoms with Crippen molar-refractivity contribution in [1.82, 2.24) is 10.2 Å². The van der Waals surface area contributed by atoms with E-state index in [4.69, 9.17) is 5.73 Å². The molecule has 1 saturated carbocycles. The minimum absolute atomic E-state index is 0.496. The van der Waals surface area contributed by atoms with E-state index < -0.39 is 0 Å². The molecule has 0 bridgehead atoms. The fraction of sp³-hybridized carbons (Fsp3) is 0.692. The smallest absolute Gasteiger partial charge is 0.0871 e. The highest BCUT2D eigenvalue weighted by molar-refractivity contribution is 5.34. The van der Waals surface area contributed by atoms with Gasteiger partial charge in [-0.3, -0.25) is 0 Å². The molecular formula is C26H45N3. The van der Waals surface area contributed by atoms with Crippen LogP contribution in [-0.4, -0.2) is 31.1 Å². The molecule has 0 saturated heterocycles. The second-order valence-corrected chi connectivity index (χ2v) is 8.59. The van der Waals surface area contributed by atoms with Gasteiger partial charge in [0.1, 0.15) is 0 Å². The van der Waals surface area contributed by atoms with Crippen molar-refractivity contribution in [2.24, 2.45) is 11.7 Å². The van der Waals surface area contributed by atoms with Gasteiger partial charge in [-0.15, -0.1) is 0 Å². The van der Waals surface area contributed by atoms with Gasteiger partial charge in [-0.05, 0) is 82.4 Å². The normalized spacial score (nSPS) is 16.8. The van der Waals surface area contributed by atoms with Crippen molar-refractivity contribution in [2.45, 2.75) is 92.0 Å². The molecule has 0 aromatic heterocycles. The Balaban J connectivity index is 2.52. The molecule has 0 amide bonds. The predicted octanol–water partition coefficient (Wildman–Crippen LogP) is 5.75. The first-order valence-corrected chi connectivity index (χ1v) is 11.7. The lowest BCUT2D eigenvalue weighted by Crippen LogP contribution is -2.26. The van der Waals surface area contributed by atoms with Gasteiger partial charge in [0.05, 0.1) is 5.70 Å². The maximum Gasteiger partial charge on any atom is 0.0871 e. The Labute approximate surface area is 180 Å². The van der Waals surface area contributed by atoms with Crippen LogP contribution in [0.15, 0.2) is 34.7 Å². The zero-order valence-corrected chi connectivity index (χ0v) is 19.9. The lowest BCUT2D eigenvalue weighted by atomic mass is 9.99. The van der Waals surface area contributed by atoms with Gasteiger partial charge in [0.15, 0.2) is 0 Å². The summed E-state index contributed by atoms with van der Waals surface area (Å²) in [7, 11) is 2.22. The van der Waals surface area contributed by atoms with Crippen LogP contribution in [0, 0.1) is 17.8 Å². The Morgan fingerprint density at radius 2 is 1.97 bits per heavy atom. The molecule has 0 radical (unpaired) electrons. The van der Waals surface area contributed by atoms with E-state index in [0.717, 1.165) is 57.3 Å². The van der Waals surface area contributed by atoms with Crippen LogP contribution in [0.4, 0.5) is 0 Å². The summed E-state index contributed by atoms with van der Waals surface area (Å²) in [6.07, 6.45) is 13.7. The molecule has 3 N–H and O–H groups in total. The molecule has 1 aliphatic carbocycles. The minimum Gasteiger partial charge on any atom is -0.402 e. The summed E-state index contributed by atoms with van der Waals surface area (Å²) in [5.41, 5.74) is 10.8. The fourth-order valence-corrected chi connectivity index (χ4v) is 3.41. The molecule has 1 atom stereocenters. The third-order valence-corrected chi connectivity index (χ3v) is 5.51. The van der Waals surface area contributed by atoms with E-state index in [9.17, 15) is 0 Å². The van der Waals surface area contributed by atoms with E-state index in [2.05, 4.69) is 69.0 Å². The van der Waals surface area contributed by atoms with Crippen LogP contribution in [0.3, 0.4) is 0 Å². The van der Waals surface area contributed by atoms with Crippen molar-refractivity contribution < 1.29 is 0 Å². The summed E-state index contributed by atoms with van der Waals surface area (Å²) in [5, 5.41) is 3.65. The first-order chi connectivity index (χ1) is 13.9. The molecule has 1 aliphatic rings. The van der Waals surface area contributed by atoms with E-state index in [1.165, 1.54) is 29.7 Å². The van der Waals surface area contributed by atoms with Crippen molar-refractivity contribution in [3.05, 3.63) is 34.7 Å². The second-order valence-electron chi connectivity index (χ2n) is 8.59. The van der Waals surface area contributed by atoms with E-state index in [1.54, 1.807) is 0 Å². The van der Waals surface area contributed by atoms with Crippen LogP contribution in [-0.2, 0) is 0 Å². The van der Waals surface area contributed by atoms with E-state index in [-0.39, 0.29) is 0 Å². The molecule has 0 heterocycles. The molecule has 0 aromatic carbocycles. The largest absolute Gasteiger partial charge is 0.402 e. The average Bonchev–Trinajstić information content (AvgIpc) is 3.51. The van der Waals surface area contributed by atoms with Crippen LogP contribution < -0.4 is 11.1 Å². The lowest BCUT2D eigenvalue weighted by molar-refractivity contribution is 0.411. The number of nitrogens with two attached hydrogens (primary N) is 1. The van der Waals surface area contributed by atoms with Gasteiger partial charge < -0.3 is 16.0 Å². The molecule has 3 heteroatoms. The summed E-state index contributed by atoms with van der Waals surface area (Å²) in [4.78, 5) is 2.42. The molecule has 1 rings (SSSR count). The standard InChI is InChI=1S/C26H45N3/c1-7-9-10-15-26(29(6)25-16-17-25)23(5)21(3)20-28-18-12-11-14-24(13-8-2)19-22(4)27/h14,19,21,25,28H,7-9,11-13,16-18,20,27H2,1-6H3/b22-19-,24-14-,26-23+. The van der Waals surface area contributed by atoms with Gasteiger partial charge >= 0.3 is 0 Å². The maximum absolute atomic E-state index is 5.83. The average molecular weight is 400 g/mol. The number of hydrogen-bond acceptors (Lipinski definition) is 3. The monoisotopic (exact) mass is 399 g/mol. The van der Waals surface area contributed by atoms with Gasteiger partial charge in [0.2, 0.25) is 0 Å². The molecule has 1 unspecified atom stereocenters. The molecule has 0 spiro atoms. The summed E-state index contributed by atoms with van der Waals surface area (Å²) >= 11 is 0. The topological polar surface area (TPSA) is 41.3 Å². The van der Waals surface area contributed by atoms with Crippen molar-refractivity contribution in [3.63, 3.8) is 0 Å². The predicted molar refractivity (Wildman–Crippen MR) is 128 cm³/mol. The number of rotatable bonds is 13. The maximum atomic E-state index is 5.83. The zero-order valence-electron chi connectivity index (χ0n) is 19.9. The third-order valence-electron chi connectivity index (χ3n) is 5.51. The van der Waals surface area contributed by atoms with Crippen LogP contribution in [0.1, 0.15) is 86.0 Å². The van der Waals surface area contributed by atoms with Crippen molar-refractivity contribution >= 4 is 0 Å². The molecule has 0 aromatic rings. The second kappa shape index (κ2) is 14.3. The molecule has 3 nitrogen and oxygen atoms in total. The van der Waals surface area contributed by atoms with Crippen LogP contribution >= 0.6 is 0 Å². The van der Waals surface area contributed by atoms with Crippen LogP contribution in [0.2, 0.25) is 0 Å². The Kier molecular flexibility index (Phi) is 12.6. The Hall–Kier alpha value is -1.66. The zero-order chi connectivity index (χ0) is 21.6. The van der Waals surface area contributed by atoms with Gasteiger partial charge in [0.25, 0.3) is 0 Å². The van der Waals surface area contributed by atoms with E-state index in [0.29, 0.717) is 12.0 Å². The number of allylic oxidation sites excluding steroid dienone is 5. The number of nitrogens with zero attached hydrogens (tertiary/aromatic N) is 1. The Bertz CT molecular complexity index is 622. The van der Waals surface area contributed by atoms with Gasteiger partial charge in [0, 0.05) is 31.8 Å². The SMILES string of the molecule is CCCC#C/C(=C(/C)C(C)CNCCC/C=C(\C=C(\C)N)CCC)N(C)C1CC1. The highest BCUT2D eigenvalue weighted by Crippen LogP contribution is 2.30. The number of nitrogens with one attached hydrogen (secondary N) is 1. The summed E-state index contributed by atoms with van der Waals surface area (Å²) in [6.45, 7) is 13.0. The summed E-state index contributed by atoms with van der Waals surface area (Å²) in [5.74, 6) is 7.34. The van der Waals surface area contributed by atoms with E-state index >= 15 is 0 Å². The quantitative estimate of drug-likeness (QED) is 0.235. The fourth-order valence-electron chi connectivity index (χ4n) is 3.41. The van der Waals surface area contributed by atoms with Gasteiger partial charge in [-0.1, -0.05) is 44.8 Å². The lowest BCUT2D eigenvalue weighted by Gasteiger charge is -2.24. The molecule has 164 valence electrons. The highest BCUT2D eigenvalue weighted by Gasteiger charge is 2.28. The molecular weight excluding hydrogens is 354 g/mol. The first-order valence-electron chi connectivity index (χ1n) is 11.7. The summed E-state index contributed by atoms with van der Waals surface area (Å²) < 4.78 is 0. The minimum atomic E-state index is 0.496. The molecule has 29 heavy (non-hydrogen) atoms. The van der Waals surface area contributed by atoms with Crippen molar-refractivity contribution in [1.29, 1.82) is 0 Å². The van der Waals surface area contributed by atoms with Crippen LogP contribution in [0.25, 0.3) is 0 Å². The Morgan fingerprint density at radius 1 is 1.24 bits per heavy atom. The first kappa shape index (κ1) is 25.4. The van der Waals surface area contributed by atoms with Crippen molar-refractivity contribution in [2.75, 3.05) is 20.1 Å². The van der Waals surface area contributed by atoms with E-state index in [1.807, 2.05) is 6.92 Å². The van der Waals surface area contributed by atoms with Crippen molar-refractivity contribution in [3.8, 4) is 11.8 Å². The van der Waals surface area contributed by atoms with Crippen LogP contribution in [0.5, 0.6) is 0 Å². The highest BCUT2D eigenvalue weighted by atomic mass is 15.2. The summed E-state index contributed by atoms with van der Waals surface area (Å²) in [6, 6.07) is 0.700. The molecule has 1 fully saturated rings. The molecule has 0 aliphatic heterocycles. The number of unbranched alkanes of at least 4 members (excludes halogenated alkanes) is 2. The van der Waals surface area contributed by atoms with Gasteiger partial charge in [-0.25, -0.2) is 0 Å². The van der Waals surface area contributed by atoms with Gasteiger partial charge in [-0.2, -0.15) is 0 Å².